The maximum Gasteiger partial charge on any atom is 0.230 e. The molecule has 0 fully saturated rings. The van der Waals surface area contributed by atoms with Crippen molar-refractivity contribution in [1.82, 2.24) is 4.98 Å². The molecule has 23 heavy (non-hydrogen) atoms. The van der Waals surface area contributed by atoms with Gasteiger partial charge in [-0.1, -0.05) is 29.8 Å². The number of pyridine rings is 1. The van der Waals surface area contributed by atoms with E-state index in [9.17, 15) is 0 Å². The summed E-state index contributed by atoms with van der Waals surface area (Å²) < 4.78 is 10.8. The summed E-state index contributed by atoms with van der Waals surface area (Å²) in [4.78, 5) is 4.54. The molecule has 0 aliphatic heterocycles. The van der Waals surface area contributed by atoms with E-state index in [0.717, 1.165) is 33.4 Å². The first-order valence-corrected chi connectivity index (χ1v) is 7.50. The molecule has 0 amide bonds. The zero-order valence-corrected chi connectivity index (χ0v) is 13.1. The molecule has 5 heteroatoms. The normalized spacial score (nSPS) is 11.0. The van der Waals surface area contributed by atoms with Crippen LogP contribution in [0.2, 0.25) is 5.02 Å². The summed E-state index contributed by atoms with van der Waals surface area (Å²) in [6.07, 6.45) is 1.51. The molecule has 0 aliphatic rings. The highest BCUT2D eigenvalue weighted by Crippen LogP contribution is 2.38. The fourth-order valence-corrected chi connectivity index (χ4v) is 2.84. The van der Waals surface area contributed by atoms with E-state index in [1.165, 1.54) is 6.26 Å². The Hall–Kier alpha value is -2.72. The van der Waals surface area contributed by atoms with Crippen LogP contribution in [0.1, 0.15) is 0 Å². The zero-order valence-electron chi connectivity index (χ0n) is 12.3. The van der Waals surface area contributed by atoms with Gasteiger partial charge in [-0.05, 0) is 24.3 Å². The van der Waals surface area contributed by atoms with Crippen molar-refractivity contribution < 1.29 is 9.15 Å². The molecule has 2 aromatic heterocycles. The molecule has 2 aromatic carbocycles. The van der Waals surface area contributed by atoms with Crippen LogP contribution in [0.4, 0.5) is 11.4 Å². The highest BCUT2D eigenvalue weighted by atomic mass is 35.5. The van der Waals surface area contributed by atoms with Crippen molar-refractivity contribution >= 4 is 45.0 Å². The number of hydrogen-bond donors (Lipinski definition) is 1. The number of benzene rings is 2. The van der Waals surface area contributed by atoms with Gasteiger partial charge in [0.05, 0.1) is 28.7 Å². The Kier molecular flexibility index (Phi) is 3.32. The molecule has 1 N–H and O–H groups in total. The predicted octanol–water partition coefficient (Wildman–Crippen LogP) is 5.39. The summed E-state index contributed by atoms with van der Waals surface area (Å²) in [5.41, 5.74) is 3.11. The van der Waals surface area contributed by atoms with Crippen LogP contribution in [-0.4, -0.2) is 12.1 Å². The third-order valence-corrected chi connectivity index (χ3v) is 3.99. The first-order chi connectivity index (χ1) is 11.3. The lowest BCUT2D eigenvalue weighted by molar-refractivity contribution is 0.415. The maximum absolute atomic E-state index is 6.30. The summed E-state index contributed by atoms with van der Waals surface area (Å²) in [6.45, 7) is 0. The first-order valence-electron chi connectivity index (χ1n) is 7.13. The van der Waals surface area contributed by atoms with Crippen molar-refractivity contribution in [2.75, 3.05) is 12.4 Å². The van der Waals surface area contributed by atoms with Crippen molar-refractivity contribution in [3.63, 3.8) is 0 Å². The summed E-state index contributed by atoms with van der Waals surface area (Å²) >= 11 is 6.30. The Bertz CT molecular complexity index is 996. The van der Waals surface area contributed by atoms with Gasteiger partial charge < -0.3 is 14.5 Å². The van der Waals surface area contributed by atoms with E-state index < -0.39 is 0 Å². The number of furan rings is 1. The average molecular weight is 325 g/mol. The Morgan fingerprint density at radius 2 is 1.96 bits per heavy atom. The van der Waals surface area contributed by atoms with Crippen LogP contribution in [0.3, 0.4) is 0 Å². The molecule has 114 valence electrons. The molecule has 4 nitrogen and oxygen atoms in total. The molecule has 0 saturated carbocycles. The van der Waals surface area contributed by atoms with Gasteiger partial charge in [-0.3, -0.25) is 0 Å². The number of aromatic nitrogens is 1. The molecule has 0 saturated heterocycles. The summed E-state index contributed by atoms with van der Waals surface area (Å²) in [6, 6.07) is 15.7. The standard InChI is InChI=1S/C18H13ClN2O2/c1-22-12-7-8-13-15(9-12)21-18-16(14(19)10-23-18)17(13)20-11-5-3-2-4-6-11/h2-10H,1H3,(H,20,21). The fraction of sp³-hybridized carbons (Fsp3) is 0.0556. The van der Waals surface area contributed by atoms with Gasteiger partial charge in [0.25, 0.3) is 0 Å². The minimum Gasteiger partial charge on any atom is -0.497 e. The van der Waals surface area contributed by atoms with Crippen LogP contribution in [0, 0.1) is 0 Å². The second-order valence-electron chi connectivity index (χ2n) is 5.12. The molecular weight excluding hydrogens is 312 g/mol. The van der Waals surface area contributed by atoms with Gasteiger partial charge in [-0.25, -0.2) is 4.98 Å². The molecule has 0 atom stereocenters. The summed E-state index contributed by atoms with van der Waals surface area (Å²) in [5, 5.41) is 5.68. The molecule has 0 unspecified atom stereocenters. The van der Waals surface area contributed by atoms with Gasteiger partial charge in [0, 0.05) is 17.1 Å². The third-order valence-electron chi connectivity index (χ3n) is 3.72. The van der Waals surface area contributed by atoms with E-state index in [-0.39, 0.29) is 0 Å². The Morgan fingerprint density at radius 3 is 2.74 bits per heavy atom. The number of para-hydroxylation sites is 1. The number of nitrogens with one attached hydrogen (secondary N) is 1. The van der Waals surface area contributed by atoms with Crippen LogP contribution in [0.5, 0.6) is 5.75 Å². The minimum absolute atomic E-state index is 0.495. The van der Waals surface area contributed by atoms with Crippen LogP contribution in [-0.2, 0) is 0 Å². The van der Waals surface area contributed by atoms with E-state index >= 15 is 0 Å². The lowest BCUT2D eigenvalue weighted by Gasteiger charge is -2.12. The smallest absolute Gasteiger partial charge is 0.230 e. The number of hydrogen-bond acceptors (Lipinski definition) is 4. The number of nitrogens with zero attached hydrogens (tertiary/aromatic N) is 1. The van der Waals surface area contributed by atoms with E-state index in [1.54, 1.807) is 7.11 Å². The maximum atomic E-state index is 6.30. The predicted molar refractivity (Wildman–Crippen MR) is 92.8 cm³/mol. The largest absolute Gasteiger partial charge is 0.497 e. The molecule has 0 spiro atoms. The first kappa shape index (κ1) is 13.9. The van der Waals surface area contributed by atoms with E-state index in [1.807, 2.05) is 48.5 Å². The number of halogens is 1. The second kappa shape index (κ2) is 5.48. The molecule has 2 heterocycles. The zero-order chi connectivity index (χ0) is 15.8. The average Bonchev–Trinajstić information content (AvgIpc) is 2.96. The lowest BCUT2D eigenvalue weighted by atomic mass is 10.1. The van der Waals surface area contributed by atoms with Gasteiger partial charge in [-0.15, -0.1) is 0 Å². The lowest BCUT2D eigenvalue weighted by Crippen LogP contribution is -1.94. The quantitative estimate of drug-likeness (QED) is 0.549. The van der Waals surface area contributed by atoms with Crippen LogP contribution in [0.25, 0.3) is 22.0 Å². The van der Waals surface area contributed by atoms with Crippen molar-refractivity contribution in [3.8, 4) is 5.75 Å². The van der Waals surface area contributed by atoms with Gasteiger partial charge >= 0.3 is 0 Å². The van der Waals surface area contributed by atoms with Gasteiger partial charge in [0.15, 0.2) is 0 Å². The monoisotopic (exact) mass is 324 g/mol. The summed E-state index contributed by atoms with van der Waals surface area (Å²) in [5.74, 6) is 0.743. The number of methoxy groups -OCH3 is 1. The topological polar surface area (TPSA) is 47.3 Å². The molecule has 0 bridgehead atoms. The van der Waals surface area contributed by atoms with Gasteiger partial charge in [0.1, 0.15) is 12.0 Å². The fourth-order valence-electron chi connectivity index (χ4n) is 2.62. The molecule has 0 radical (unpaired) electrons. The van der Waals surface area contributed by atoms with Crippen LogP contribution < -0.4 is 10.1 Å². The van der Waals surface area contributed by atoms with Crippen molar-refractivity contribution in [3.05, 3.63) is 59.8 Å². The van der Waals surface area contributed by atoms with Crippen LogP contribution in [0.15, 0.2) is 59.2 Å². The number of fused-ring (bicyclic) bond motifs is 2. The minimum atomic E-state index is 0.495. The van der Waals surface area contributed by atoms with Crippen LogP contribution >= 0.6 is 11.6 Å². The molecular formula is C18H13ClN2O2. The molecule has 4 rings (SSSR count). The van der Waals surface area contributed by atoms with Gasteiger partial charge in [0.2, 0.25) is 5.71 Å². The van der Waals surface area contributed by atoms with Crippen molar-refractivity contribution in [2.45, 2.75) is 0 Å². The van der Waals surface area contributed by atoms with E-state index in [2.05, 4.69) is 10.3 Å². The number of ether oxygens (including phenoxy) is 1. The second-order valence-corrected chi connectivity index (χ2v) is 5.53. The highest BCUT2D eigenvalue weighted by molar-refractivity contribution is 6.37. The highest BCUT2D eigenvalue weighted by Gasteiger charge is 2.16. The Labute approximate surface area is 137 Å². The molecule has 0 aliphatic carbocycles. The van der Waals surface area contributed by atoms with Crippen molar-refractivity contribution in [1.29, 1.82) is 0 Å². The number of rotatable bonds is 3. The van der Waals surface area contributed by atoms with E-state index in [4.69, 9.17) is 20.8 Å². The molecule has 4 aromatic rings. The SMILES string of the molecule is COc1ccc2c(Nc3ccccc3)c3c(Cl)coc3nc2c1. The van der Waals surface area contributed by atoms with Crippen molar-refractivity contribution in [2.24, 2.45) is 0 Å². The van der Waals surface area contributed by atoms with Gasteiger partial charge in [-0.2, -0.15) is 0 Å². The Morgan fingerprint density at radius 1 is 1.13 bits per heavy atom. The summed E-state index contributed by atoms with van der Waals surface area (Å²) in [7, 11) is 1.63. The van der Waals surface area contributed by atoms with E-state index in [0.29, 0.717) is 10.7 Å². The third kappa shape index (κ3) is 2.37. The Balaban J connectivity index is 2.01. The number of anilines is 2.